The van der Waals surface area contributed by atoms with Gasteiger partial charge in [0, 0.05) is 25.1 Å². The summed E-state index contributed by atoms with van der Waals surface area (Å²) in [5, 5.41) is 13.2. The van der Waals surface area contributed by atoms with E-state index in [1.165, 1.54) is 0 Å². The Hall–Kier alpha value is -2.38. The molecule has 1 rings (SSSR count). The lowest BCUT2D eigenvalue weighted by atomic mass is 9.75. The van der Waals surface area contributed by atoms with E-state index >= 15 is 0 Å². The number of carbonyl (C=O) groups excluding carboxylic acids is 3. The molecule has 1 aliphatic rings. The van der Waals surface area contributed by atoms with Crippen LogP contribution >= 0.6 is 0 Å². The highest BCUT2D eigenvalue weighted by atomic mass is 16.6. The van der Waals surface area contributed by atoms with Crippen molar-refractivity contribution in [2.45, 2.75) is 106 Å². The number of nitrogens with one attached hydrogen (secondary N) is 1. The molecule has 8 nitrogen and oxygen atoms in total. The SMILES string of the molecule is CCOC(=O)[C@H](CCCCN=C(CC(C)C)C1=C(O)CC(C)(C)CC1=O)NC(=O)OC(C)(C)C. The van der Waals surface area contributed by atoms with Gasteiger partial charge >= 0.3 is 12.1 Å². The molecule has 1 atom stereocenters. The lowest BCUT2D eigenvalue weighted by molar-refractivity contribution is -0.145. The Labute approximate surface area is 204 Å². The van der Waals surface area contributed by atoms with Crippen LogP contribution in [0.5, 0.6) is 0 Å². The van der Waals surface area contributed by atoms with Crippen LogP contribution in [0.15, 0.2) is 16.3 Å². The third-order valence-corrected chi connectivity index (χ3v) is 5.21. The third kappa shape index (κ3) is 10.7. The van der Waals surface area contributed by atoms with Crippen molar-refractivity contribution in [3.05, 3.63) is 11.3 Å². The highest BCUT2D eigenvalue weighted by Gasteiger charge is 2.35. The first-order chi connectivity index (χ1) is 15.6. The summed E-state index contributed by atoms with van der Waals surface area (Å²) in [4.78, 5) is 41.8. The van der Waals surface area contributed by atoms with Crippen molar-refractivity contribution in [1.82, 2.24) is 5.32 Å². The zero-order chi connectivity index (χ0) is 26.1. The summed E-state index contributed by atoms with van der Waals surface area (Å²) >= 11 is 0. The van der Waals surface area contributed by atoms with E-state index in [0.29, 0.717) is 56.4 Å². The van der Waals surface area contributed by atoms with Crippen LogP contribution in [0.25, 0.3) is 0 Å². The topological polar surface area (TPSA) is 114 Å². The smallest absolute Gasteiger partial charge is 0.408 e. The maximum absolute atomic E-state index is 12.8. The highest BCUT2D eigenvalue weighted by Crippen LogP contribution is 2.36. The molecule has 0 spiro atoms. The zero-order valence-corrected chi connectivity index (χ0v) is 22.2. The average Bonchev–Trinajstić information content (AvgIpc) is 2.63. The van der Waals surface area contributed by atoms with Gasteiger partial charge in [-0.1, -0.05) is 27.7 Å². The minimum Gasteiger partial charge on any atom is -0.511 e. The molecule has 2 N–H and O–H groups in total. The Morgan fingerprint density at radius 1 is 1.18 bits per heavy atom. The number of hydrogen-bond acceptors (Lipinski definition) is 7. The van der Waals surface area contributed by atoms with Crippen LogP contribution in [-0.4, -0.2) is 53.5 Å². The number of carbonyl (C=O) groups is 3. The van der Waals surface area contributed by atoms with E-state index in [-0.39, 0.29) is 29.5 Å². The molecule has 0 aliphatic heterocycles. The van der Waals surface area contributed by atoms with Gasteiger partial charge in [-0.25, -0.2) is 9.59 Å². The summed E-state index contributed by atoms with van der Waals surface area (Å²) in [6.45, 7) is 15.7. The Morgan fingerprint density at radius 3 is 2.35 bits per heavy atom. The molecule has 0 radical (unpaired) electrons. The largest absolute Gasteiger partial charge is 0.511 e. The maximum Gasteiger partial charge on any atom is 0.408 e. The van der Waals surface area contributed by atoms with E-state index in [1.54, 1.807) is 27.7 Å². The van der Waals surface area contributed by atoms with E-state index in [2.05, 4.69) is 24.2 Å². The van der Waals surface area contributed by atoms with Gasteiger partial charge in [0.1, 0.15) is 17.4 Å². The molecule has 0 unspecified atom stereocenters. The number of unbranched alkanes of at least 4 members (excludes halogenated alkanes) is 1. The maximum atomic E-state index is 12.8. The number of nitrogens with zero attached hydrogens (tertiary/aromatic N) is 1. The van der Waals surface area contributed by atoms with Gasteiger partial charge < -0.3 is 19.9 Å². The summed E-state index contributed by atoms with van der Waals surface area (Å²) in [7, 11) is 0. The monoisotopic (exact) mass is 480 g/mol. The van der Waals surface area contributed by atoms with E-state index in [0.717, 1.165) is 0 Å². The number of ketones is 1. The number of Topliss-reactive ketones (excluding diaryl/α,β-unsaturated/α-hetero) is 1. The second-order valence-electron chi connectivity index (χ2n) is 11.1. The fourth-order valence-electron chi connectivity index (χ4n) is 3.86. The number of aliphatic imine (C=N–C) groups is 1. The first kappa shape index (κ1) is 29.7. The zero-order valence-electron chi connectivity index (χ0n) is 22.2. The van der Waals surface area contributed by atoms with Crippen LogP contribution in [-0.2, 0) is 19.1 Å². The molecular formula is C26H44N2O6. The predicted molar refractivity (Wildman–Crippen MR) is 133 cm³/mol. The van der Waals surface area contributed by atoms with E-state index < -0.39 is 23.7 Å². The fraction of sp³-hybridized carbons (Fsp3) is 0.769. The molecule has 8 heteroatoms. The number of hydrogen-bond donors (Lipinski definition) is 2. The minimum atomic E-state index is -0.803. The van der Waals surface area contributed by atoms with Crippen LogP contribution in [0.4, 0.5) is 4.79 Å². The number of alkyl carbamates (subject to hydrolysis) is 1. The average molecular weight is 481 g/mol. The van der Waals surface area contributed by atoms with Gasteiger partial charge in [-0.3, -0.25) is 9.79 Å². The summed E-state index contributed by atoms with van der Waals surface area (Å²) in [5.74, 6) is -0.141. The van der Waals surface area contributed by atoms with Crippen molar-refractivity contribution in [1.29, 1.82) is 0 Å². The number of amides is 1. The molecule has 0 fully saturated rings. The van der Waals surface area contributed by atoms with Crippen LogP contribution in [0.3, 0.4) is 0 Å². The van der Waals surface area contributed by atoms with Gasteiger partial charge in [-0.2, -0.15) is 0 Å². The van der Waals surface area contributed by atoms with Crippen molar-refractivity contribution in [2.75, 3.05) is 13.2 Å². The number of aliphatic hydroxyl groups excluding tert-OH is 1. The molecule has 1 amide bonds. The number of rotatable bonds is 11. The standard InChI is InChI=1S/C26H44N2O6/c1-9-33-23(31)18(28-24(32)34-25(4,5)6)12-10-11-13-27-19(14-17(2)3)22-20(29)15-26(7,8)16-21(22)30/h17-18,29H,9-16H2,1-8H3,(H,28,32)/t18-/m0/s1. The molecule has 0 aromatic rings. The molecule has 0 saturated carbocycles. The highest BCUT2D eigenvalue weighted by molar-refractivity contribution is 6.23. The molecule has 34 heavy (non-hydrogen) atoms. The summed E-state index contributed by atoms with van der Waals surface area (Å²) < 4.78 is 10.3. The van der Waals surface area contributed by atoms with Gasteiger partial charge in [0.15, 0.2) is 5.78 Å². The summed E-state index contributed by atoms with van der Waals surface area (Å²) in [5.41, 5.74) is 0.110. The quantitative estimate of drug-likeness (QED) is 0.236. The third-order valence-electron chi connectivity index (χ3n) is 5.21. The molecule has 0 aromatic heterocycles. The van der Waals surface area contributed by atoms with Crippen LogP contribution in [0.2, 0.25) is 0 Å². The van der Waals surface area contributed by atoms with Gasteiger partial charge in [0.05, 0.1) is 12.2 Å². The number of aliphatic hydroxyl groups is 1. The fourth-order valence-corrected chi connectivity index (χ4v) is 3.86. The van der Waals surface area contributed by atoms with E-state index in [9.17, 15) is 19.5 Å². The van der Waals surface area contributed by atoms with Crippen LogP contribution in [0.1, 0.15) is 93.9 Å². The first-order valence-electron chi connectivity index (χ1n) is 12.3. The Morgan fingerprint density at radius 2 is 1.82 bits per heavy atom. The Kier molecular flexibility index (Phi) is 11.3. The lowest BCUT2D eigenvalue weighted by Gasteiger charge is -2.30. The second kappa shape index (κ2) is 12.9. The molecule has 194 valence electrons. The normalized spacial score (nSPS) is 17.6. The molecule has 0 heterocycles. The van der Waals surface area contributed by atoms with Gasteiger partial charge in [0.25, 0.3) is 0 Å². The van der Waals surface area contributed by atoms with Crippen LogP contribution in [0, 0.1) is 11.3 Å². The van der Waals surface area contributed by atoms with Crippen molar-refractivity contribution < 1.29 is 29.0 Å². The number of ether oxygens (including phenoxy) is 2. The minimum absolute atomic E-state index is 0.0583. The number of esters is 1. The number of allylic oxidation sites excluding steroid dienone is 2. The molecule has 0 aromatic carbocycles. The lowest BCUT2D eigenvalue weighted by Crippen LogP contribution is -2.44. The molecular weight excluding hydrogens is 436 g/mol. The van der Waals surface area contributed by atoms with E-state index in [1.807, 2.05) is 13.8 Å². The van der Waals surface area contributed by atoms with Crippen LogP contribution < -0.4 is 5.32 Å². The first-order valence-corrected chi connectivity index (χ1v) is 12.3. The van der Waals surface area contributed by atoms with Crippen molar-refractivity contribution in [2.24, 2.45) is 16.3 Å². The Bertz CT molecular complexity index is 790. The summed E-state index contributed by atoms with van der Waals surface area (Å²) in [6, 6.07) is -0.803. The molecule has 1 aliphatic carbocycles. The van der Waals surface area contributed by atoms with Gasteiger partial charge in [-0.15, -0.1) is 0 Å². The van der Waals surface area contributed by atoms with E-state index in [4.69, 9.17) is 9.47 Å². The van der Waals surface area contributed by atoms with Crippen molar-refractivity contribution in [3.8, 4) is 0 Å². The van der Waals surface area contributed by atoms with Gasteiger partial charge in [0.2, 0.25) is 0 Å². The molecule has 0 bridgehead atoms. The predicted octanol–water partition coefficient (Wildman–Crippen LogP) is 5.30. The van der Waals surface area contributed by atoms with Crippen molar-refractivity contribution >= 4 is 23.6 Å². The van der Waals surface area contributed by atoms with Gasteiger partial charge in [-0.05, 0) is 64.7 Å². The van der Waals surface area contributed by atoms with Crippen molar-refractivity contribution in [3.63, 3.8) is 0 Å². The Balaban J connectivity index is 2.81. The summed E-state index contributed by atoms with van der Waals surface area (Å²) in [6.07, 6.45) is 2.45. The molecule has 0 saturated heterocycles. The second-order valence-corrected chi connectivity index (χ2v) is 11.1.